The summed E-state index contributed by atoms with van der Waals surface area (Å²) in [5.74, 6) is -1.77. The summed E-state index contributed by atoms with van der Waals surface area (Å²) in [5, 5.41) is 15.6. The lowest BCUT2D eigenvalue weighted by Gasteiger charge is -2.26. The number of carboxylic acid groups (broad SMARTS) is 2. The van der Waals surface area contributed by atoms with Gasteiger partial charge in [-0.25, -0.2) is 9.59 Å². The monoisotopic (exact) mass is 318 g/mol. The van der Waals surface area contributed by atoms with Crippen molar-refractivity contribution < 1.29 is 19.8 Å². The third-order valence-corrected chi connectivity index (χ3v) is 4.08. The minimum Gasteiger partial charge on any atom is -0.478 e. The number of rotatable bonds is 3. The quantitative estimate of drug-likeness (QED) is 0.838. The Balaban J connectivity index is 0.000000207. The zero-order valence-electron chi connectivity index (χ0n) is 13.0. The Morgan fingerprint density at radius 2 is 1.78 bits per heavy atom. The highest BCUT2D eigenvalue weighted by atomic mass is 16.4. The van der Waals surface area contributed by atoms with Gasteiger partial charge in [0, 0.05) is 30.8 Å². The molecule has 0 amide bonds. The molecule has 2 heterocycles. The standard InChI is InChI=1S/C13H18N2.C4H4O4/c1-2-5-11(6-3-1)13-12-7-4-9-15(12)10-8-14-13;5-3(6)1-2-4(7)8/h4,7,9,11H,1-3,5-6,8,10H2;1-2H,(H,5,6)(H,7,8)/b;2-1+. The molecular formula is C17H22N2O4. The molecule has 6 heteroatoms. The van der Waals surface area contributed by atoms with E-state index in [1.54, 1.807) is 0 Å². The summed E-state index contributed by atoms with van der Waals surface area (Å²) in [6.07, 6.45) is 10.2. The van der Waals surface area contributed by atoms with Crippen molar-refractivity contribution in [1.82, 2.24) is 4.57 Å². The molecule has 124 valence electrons. The van der Waals surface area contributed by atoms with Crippen LogP contribution in [0.3, 0.4) is 0 Å². The molecule has 1 fully saturated rings. The number of hydrogen-bond donors (Lipinski definition) is 2. The van der Waals surface area contributed by atoms with Crippen LogP contribution < -0.4 is 0 Å². The topological polar surface area (TPSA) is 91.9 Å². The Hall–Kier alpha value is -2.37. The number of fused-ring (bicyclic) bond motifs is 1. The van der Waals surface area contributed by atoms with Gasteiger partial charge in [-0.1, -0.05) is 19.3 Å². The zero-order chi connectivity index (χ0) is 16.7. The highest BCUT2D eigenvalue weighted by Crippen LogP contribution is 2.28. The fourth-order valence-electron chi connectivity index (χ4n) is 3.06. The van der Waals surface area contributed by atoms with Crippen molar-refractivity contribution in [3.63, 3.8) is 0 Å². The van der Waals surface area contributed by atoms with Crippen LogP contribution in [-0.4, -0.2) is 39.0 Å². The maximum Gasteiger partial charge on any atom is 0.328 e. The molecule has 1 aliphatic carbocycles. The molecule has 3 rings (SSSR count). The summed E-state index contributed by atoms with van der Waals surface area (Å²) >= 11 is 0. The van der Waals surface area contributed by atoms with E-state index >= 15 is 0 Å². The zero-order valence-corrected chi connectivity index (χ0v) is 13.0. The molecule has 0 aromatic carbocycles. The third kappa shape index (κ3) is 5.09. The van der Waals surface area contributed by atoms with E-state index in [9.17, 15) is 9.59 Å². The Morgan fingerprint density at radius 1 is 1.13 bits per heavy atom. The molecular weight excluding hydrogens is 296 g/mol. The summed E-state index contributed by atoms with van der Waals surface area (Å²) in [5.41, 5.74) is 2.78. The Labute approximate surface area is 135 Å². The van der Waals surface area contributed by atoms with Gasteiger partial charge < -0.3 is 14.8 Å². The fraction of sp³-hybridized carbons (Fsp3) is 0.471. The average Bonchev–Trinajstić information content (AvgIpc) is 3.03. The van der Waals surface area contributed by atoms with Crippen LogP contribution in [0.25, 0.3) is 0 Å². The molecule has 0 bridgehead atoms. The maximum absolute atomic E-state index is 9.55. The first kappa shape index (κ1) is 17.0. The van der Waals surface area contributed by atoms with E-state index in [1.807, 2.05) is 0 Å². The van der Waals surface area contributed by atoms with Crippen LogP contribution in [0, 0.1) is 5.92 Å². The molecule has 1 saturated carbocycles. The normalized spacial score (nSPS) is 17.8. The molecule has 0 saturated heterocycles. The van der Waals surface area contributed by atoms with Crippen LogP contribution in [0.1, 0.15) is 37.8 Å². The minimum atomic E-state index is -1.26. The van der Waals surface area contributed by atoms with E-state index in [2.05, 4.69) is 22.9 Å². The van der Waals surface area contributed by atoms with Crippen LogP contribution in [0.5, 0.6) is 0 Å². The van der Waals surface area contributed by atoms with Crippen molar-refractivity contribution in [3.8, 4) is 0 Å². The van der Waals surface area contributed by atoms with Gasteiger partial charge in [0.15, 0.2) is 0 Å². The van der Waals surface area contributed by atoms with E-state index < -0.39 is 11.9 Å². The van der Waals surface area contributed by atoms with Gasteiger partial charge in [0.05, 0.1) is 18.0 Å². The lowest BCUT2D eigenvalue weighted by atomic mass is 9.84. The summed E-state index contributed by atoms with van der Waals surface area (Å²) in [7, 11) is 0. The molecule has 2 N–H and O–H groups in total. The van der Waals surface area contributed by atoms with Gasteiger partial charge in [0.1, 0.15) is 0 Å². The van der Waals surface area contributed by atoms with E-state index in [0.717, 1.165) is 19.0 Å². The molecule has 0 radical (unpaired) electrons. The van der Waals surface area contributed by atoms with E-state index in [4.69, 9.17) is 15.2 Å². The first-order valence-corrected chi connectivity index (χ1v) is 7.91. The first-order chi connectivity index (χ1) is 11.1. The van der Waals surface area contributed by atoms with Crippen molar-refractivity contribution in [2.45, 2.75) is 38.6 Å². The van der Waals surface area contributed by atoms with Crippen molar-refractivity contribution >= 4 is 17.7 Å². The number of aromatic nitrogens is 1. The number of hydrogen-bond acceptors (Lipinski definition) is 3. The van der Waals surface area contributed by atoms with Gasteiger partial charge in [-0.05, 0) is 25.0 Å². The van der Waals surface area contributed by atoms with Crippen molar-refractivity contribution in [3.05, 3.63) is 36.2 Å². The lowest BCUT2D eigenvalue weighted by molar-refractivity contribution is -0.134. The van der Waals surface area contributed by atoms with Gasteiger partial charge in [0.25, 0.3) is 0 Å². The second kappa shape index (κ2) is 8.31. The van der Waals surface area contributed by atoms with E-state index in [0.29, 0.717) is 12.2 Å². The molecule has 2 aliphatic rings. The van der Waals surface area contributed by atoms with E-state index in [-0.39, 0.29) is 0 Å². The maximum atomic E-state index is 9.55. The van der Waals surface area contributed by atoms with Gasteiger partial charge in [-0.3, -0.25) is 4.99 Å². The van der Waals surface area contributed by atoms with Gasteiger partial charge in [-0.2, -0.15) is 0 Å². The van der Waals surface area contributed by atoms with E-state index in [1.165, 1.54) is 43.5 Å². The smallest absolute Gasteiger partial charge is 0.328 e. The SMILES string of the molecule is O=C(O)/C=C/C(=O)O.c1cc2n(c1)CCN=C2C1CCCCC1. The second-order valence-corrected chi connectivity index (χ2v) is 5.70. The molecule has 1 aromatic heterocycles. The van der Waals surface area contributed by atoms with Crippen LogP contribution in [0.4, 0.5) is 0 Å². The molecule has 23 heavy (non-hydrogen) atoms. The van der Waals surface area contributed by atoms with Crippen LogP contribution in [0.15, 0.2) is 35.5 Å². The second-order valence-electron chi connectivity index (χ2n) is 5.70. The number of aliphatic carboxylic acids is 2. The molecule has 1 aromatic rings. The average molecular weight is 318 g/mol. The van der Waals surface area contributed by atoms with Crippen molar-refractivity contribution in [1.29, 1.82) is 0 Å². The van der Waals surface area contributed by atoms with Crippen LogP contribution in [0.2, 0.25) is 0 Å². The van der Waals surface area contributed by atoms with Gasteiger partial charge >= 0.3 is 11.9 Å². The predicted octanol–water partition coefficient (Wildman–Crippen LogP) is 2.58. The summed E-state index contributed by atoms with van der Waals surface area (Å²) in [6, 6.07) is 4.38. The molecule has 0 atom stereocenters. The molecule has 1 aliphatic heterocycles. The summed E-state index contributed by atoms with van der Waals surface area (Å²) < 4.78 is 2.36. The predicted molar refractivity (Wildman–Crippen MR) is 86.8 cm³/mol. The Kier molecular flexibility index (Phi) is 6.14. The Bertz CT molecular complexity index is 594. The van der Waals surface area contributed by atoms with Gasteiger partial charge in [-0.15, -0.1) is 0 Å². The minimum absolute atomic E-state index is 0.558. The van der Waals surface area contributed by atoms with Gasteiger partial charge in [0.2, 0.25) is 0 Å². The number of carboxylic acids is 2. The van der Waals surface area contributed by atoms with Crippen LogP contribution in [-0.2, 0) is 16.1 Å². The van der Waals surface area contributed by atoms with Crippen molar-refractivity contribution in [2.75, 3.05) is 6.54 Å². The molecule has 0 unspecified atom stereocenters. The summed E-state index contributed by atoms with van der Waals surface area (Å²) in [6.45, 7) is 2.05. The lowest BCUT2D eigenvalue weighted by Crippen LogP contribution is -2.26. The first-order valence-electron chi connectivity index (χ1n) is 7.91. The fourth-order valence-corrected chi connectivity index (χ4v) is 3.06. The third-order valence-electron chi connectivity index (χ3n) is 4.08. The number of carbonyl (C=O) groups is 2. The Morgan fingerprint density at radius 3 is 2.39 bits per heavy atom. The summed E-state index contributed by atoms with van der Waals surface area (Å²) in [4.78, 5) is 23.9. The highest BCUT2D eigenvalue weighted by Gasteiger charge is 2.23. The number of aliphatic imine (C=N–C) groups is 1. The number of nitrogens with zero attached hydrogens (tertiary/aromatic N) is 2. The molecule has 6 nitrogen and oxygen atoms in total. The van der Waals surface area contributed by atoms with Crippen molar-refractivity contribution in [2.24, 2.45) is 10.9 Å². The van der Waals surface area contributed by atoms with Crippen LogP contribution >= 0.6 is 0 Å². The molecule has 0 spiro atoms. The highest BCUT2D eigenvalue weighted by molar-refractivity contribution is 6.01. The largest absolute Gasteiger partial charge is 0.478 e.